The normalized spacial score (nSPS) is 15.5. The van der Waals surface area contributed by atoms with E-state index in [9.17, 15) is 9.90 Å². The molecule has 1 aromatic rings. The van der Waals surface area contributed by atoms with E-state index in [1.54, 1.807) is 12.1 Å². The van der Waals surface area contributed by atoms with Gasteiger partial charge in [-0.2, -0.15) is 5.26 Å². The summed E-state index contributed by atoms with van der Waals surface area (Å²) in [4.78, 5) is 12.1. The van der Waals surface area contributed by atoms with Crippen molar-refractivity contribution in [2.24, 2.45) is 0 Å². The van der Waals surface area contributed by atoms with Crippen molar-refractivity contribution in [2.75, 3.05) is 7.11 Å². The Balaban J connectivity index is 2.15. The molecule has 5 heteroatoms. The van der Waals surface area contributed by atoms with Crippen molar-refractivity contribution in [1.82, 2.24) is 5.32 Å². The number of benzene rings is 1. The fraction of sp³-hybridized carbons (Fsp3) is 0.375. The maximum Gasteiger partial charge on any atom is 0.262 e. The Hall–Kier alpha value is -2.48. The standard InChI is InChI=1S/C16H18N2O3/c1-21-15-9-11(6-7-14(15)19)8-12(10-17)16(20)18-13-4-2-3-5-13/h6-9,13,19H,2-5H2,1H3,(H,18,20)/b12-8-. The lowest BCUT2D eigenvalue weighted by Crippen LogP contribution is -2.33. The molecular formula is C16H18N2O3. The van der Waals surface area contributed by atoms with Gasteiger partial charge < -0.3 is 15.2 Å². The molecule has 2 N–H and O–H groups in total. The van der Waals surface area contributed by atoms with E-state index in [0.717, 1.165) is 25.7 Å². The van der Waals surface area contributed by atoms with Crippen LogP contribution < -0.4 is 10.1 Å². The molecule has 5 nitrogen and oxygen atoms in total. The summed E-state index contributed by atoms with van der Waals surface area (Å²) in [7, 11) is 1.44. The van der Waals surface area contributed by atoms with E-state index >= 15 is 0 Å². The van der Waals surface area contributed by atoms with Gasteiger partial charge in [-0.25, -0.2) is 0 Å². The van der Waals surface area contributed by atoms with Gasteiger partial charge in [-0.3, -0.25) is 4.79 Å². The molecule has 1 fully saturated rings. The number of rotatable bonds is 4. The molecular weight excluding hydrogens is 268 g/mol. The molecule has 0 aliphatic heterocycles. The van der Waals surface area contributed by atoms with Crippen LogP contribution in [0.5, 0.6) is 11.5 Å². The number of phenols is 1. The summed E-state index contributed by atoms with van der Waals surface area (Å²) >= 11 is 0. The molecule has 0 radical (unpaired) electrons. The highest BCUT2D eigenvalue weighted by Crippen LogP contribution is 2.27. The van der Waals surface area contributed by atoms with Crippen LogP contribution in [0.2, 0.25) is 0 Å². The quantitative estimate of drug-likeness (QED) is 0.657. The SMILES string of the molecule is COc1cc(/C=C(/C#N)C(=O)NC2CCCC2)ccc1O. The van der Waals surface area contributed by atoms with Gasteiger partial charge in [0.25, 0.3) is 5.91 Å². The largest absolute Gasteiger partial charge is 0.504 e. The number of carbonyl (C=O) groups excluding carboxylic acids is 1. The first-order chi connectivity index (χ1) is 10.1. The van der Waals surface area contributed by atoms with Gasteiger partial charge in [-0.05, 0) is 36.6 Å². The summed E-state index contributed by atoms with van der Waals surface area (Å²) in [6.07, 6.45) is 5.67. The minimum atomic E-state index is -0.351. The van der Waals surface area contributed by atoms with Gasteiger partial charge in [-0.15, -0.1) is 0 Å². The summed E-state index contributed by atoms with van der Waals surface area (Å²) in [6.45, 7) is 0. The number of hydrogen-bond acceptors (Lipinski definition) is 4. The second-order valence-corrected chi connectivity index (χ2v) is 5.06. The summed E-state index contributed by atoms with van der Waals surface area (Å²) in [6, 6.07) is 6.76. The lowest BCUT2D eigenvalue weighted by molar-refractivity contribution is -0.117. The Labute approximate surface area is 123 Å². The molecule has 0 saturated heterocycles. The monoisotopic (exact) mass is 286 g/mol. The smallest absolute Gasteiger partial charge is 0.262 e. The Bertz CT molecular complexity index is 596. The van der Waals surface area contributed by atoms with E-state index in [2.05, 4.69) is 5.32 Å². The van der Waals surface area contributed by atoms with Crippen LogP contribution in [0.4, 0.5) is 0 Å². The van der Waals surface area contributed by atoms with Crippen LogP contribution in [0.3, 0.4) is 0 Å². The first kappa shape index (κ1) is 14.9. The van der Waals surface area contributed by atoms with Crippen molar-refractivity contribution >= 4 is 12.0 Å². The van der Waals surface area contributed by atoms with E-state index < -0.39 is 0 Å². The highest BCUT2D eigenvalue weighted by molar-refractivity contribution is 6.01. The second-order valence-electron chi connectivity index (χ2n) is 5.06. The van der Waals surface area contributed by atoms with Crippen LogP contribution in [0, 0.1) is 11.3 Å². The zero-order valence-electron chi connectivity index (χ0n) is 11.9. The van der Waals surface area contributed by atoms with Crippen molar-refractivity contribution in [2.45, 2.75) is 31.7 Å². The fourth-order valence-corrected chi connectivity index (χ4v) is 2.43. The van der Waals surface area contributed by atoms with Crippen LogP contribution in [-0.4, -0.2) is 24.2 Å². The minimum absolute atomic E-state index is 0.0172. The number of nitrogens with zero attached hydrogens (tertiary/aromatic N) is 1. The number of carbonyl (C=O) groups is 1. The van der Waals surface area contributed by atoms with Gasteiger partial charge in [0.15, 0.2) is 11.5 Å². The lowest BCUT2D eigenvalue weighted by atomic mass is 10.1. The third-order valence-electron chi connectivity index (χ3n) is 3.57. The number of nitriles is 1. The van der Waals surface area contributed by atoms with Crippen LogP contribution in [-0.2, 0) is 4.79 Å². The van der Waals surface area contributed by atoms with Crippen molar-refractivity contribution < 1.29 is 14.6 Å². The topological polar surface area (TPSA) is 82.3 Å². The van der Waals surface area contributed by atoms with E-state index in [-0.39, 0.29) is 23.3 Å². The minimum Gasteiger partial charge on any atom is -0.504 e. The predicted molar refractivity (Wildman–Crippen MR) is 78.6 cm³/mol. The maximum atomic E-state index is 12.1. The number of aromatic hydroxyl groups is 1. The molecule has 1 aromatic carbocycles. The van der Waals surface area contributed by atoms with E-state index in [1.807, 2.05) is 6.07 Å². The average molecular weight is 286 g/mol. The number of amides is 1. The Kier molecular flexibility index (Phi) is 4.83. The average Bonchev–Trinajstić information content (AvgIpc) is 2.99. The number of ether oxygens (including phenoxy) is 1. The lowest BCUT2D eigenvalue weighted by Gasteiger charge is -2.11. The Morgan fingerprint density at radius 2 is 2.19 bits per heavy atom. The van der Waals surface area contributed by atoms with Gasteiger partial charge in [0.2, 0.25) is 0 Å². The van der Waals surface area contributed by atoms with Gasteiger partial charge in [0.05, 0.1) is 7.11 Å². The summed E-state index contributed by atoms with van der Waals surface area (Å²) in [5, 5.41) is 21.6. The predicted octanol–water partition coefficient (Wildman–Crippen LogP) is 2.37. The van der Waals surface area contributed by atoms with E-state index in [0.29, 0.717) is 11.3 Å². The number of phenolic OH excluding ortho intramolecular Hbond substituents is 1. The number of nitrogens with one attached hydrogen (secondary N) is 1. The number of methoxy groups -OCH3 is 1. The fourth-order valence-electron chi connectivity index (χ4n) is 2.43. The van der Waals surface area contributed by atoms with Crippen LogP contribution in [0.1, 0.15) is 31.2 Å². The molecule has 0 atom stereocenters. The van der Waals surface area contributed by atoms with Crippen molar-refractivity contribution in [3.05, 3.63) is 29.3 Å². The molecule has 0 spiro atoms. The first-order valence-electron chi connectivity index (χ1n) is 6.93. The molecule has 0 bridgehead atoms. The Morgan fingerprint density at radius 3 is 2.81 bits per heavy atom. The third-order valence-corrected chi connectivity index (χ3v) is 3.57. The zero-order valence-corrected chi connectivity index (χ0v) is 11.9. The molecule has 0 unspecified atom stereocenters. The Morgan fingerprint density at radius 1 is 1.48 bits per heavy atom. The number of hydrogen-bond donors (Lipinski definition) is 2. The molecule has 2 rings (SSSR count). The van der Waals surface area contributed by atoms with Crippen molar-refractivity contribution in [3.63, 3.8) is 0 Å². The maximum absolute atomic E-state index is 12.1. The molecule has 21 heavy (non-hydrogen) atoms. The molecule has 0 heterocycles. The van der Waals surface area contributed by atoms with E-state index in [1.165, 1.54) is 19.3 Å². The second kappa shape index (κ2) is 6.80. The molecule has 110 valence electrons. The molecule has 1 saturated carbocycles. The molecule has 1 aliphatic rings. The molecule has 1 amide bonds. The van der Waals surface area contributed by atoms with Crippen LogP contribution in [0.15, 0.2) is 23.8 Å². The molecule has 0 aromatic heterocycles. The van der Waals surface area contributed by atoms with Crippen LogP contribution in [0.25, 0.3) is 6.08 Å². The van der Waals surface area contributed by atoms with Crippen molar-refractivity contribution in [3.8, 4) is 17.6 Å². The third kappa shape index (κ3) is 3.76. The first-order valence-corrected chi connectivity index (χ1v) is 6.93. The highest BCUT2D eigenvalue weighted by Gasteiger charge is 2.19. The van der Waals surface area contributed by atoms with Gasteiger partial charge in [0.1, 0.15) is 11.6 Å². The summed E-state index contributed by atoms with van der Waals surface area (Å²) < 4.78 is 5.01. The summed E-state index contributed by atoms with van der Waals surface area (Å²) in [5.74, 6) is -0.0303. The highest BCUT2D eigenvalue weighted by atomic mass is 16.5. The zero-order chi connectivity index (χ0) is 15.2. The van der Waals surface area contributed by atoms with Crippen LogP contribution >= 0.6 is 0 Å². The summed E-state index contributed by atoms with van der Waals surface area (Å²) in [5.41, 5.74) is 0.678. The van der Waals surface area contributed by atoms with Gasteiger partial charge in [0, 0.05) is 6.04 Å². The van der Waals surface area contributed by atoms with Gasteiger partial charge in [-0.1, -0.05) is 18.9 Å². The van der Waals surface area contributed by atoms with E-state index in [4.69, 9.17) is 10.00 Å². The molecule has 1 aliphatic carbocycles. The van der Waals surface area contributed by atoms with Gasteiger partial charge >= 0.3 is 0 Å². The van der Waals surface area contributed by atoms with Crippen molar-refractivity contribution in [1.29, 1.82) is 5.26 Å².